The van der Waals surface area contributed by atoms with Crippen molar-refractivity contribution in [2.24, 2.45) is 0 Å². The van der Waals surface area contributed by atoms with Gasteiger partial charge in [0.05, 0.1) is 13.2 Å². The van der Waals surface area contributed by atoms with E-state index in [1.165, 1.54) is 11.5 Å². The fourth-order valence-electron chi connectivity index (χ4n) is 2.23. The molecule has 20 heavy (non-hydrogen) atoms. The Labute approximate surface area is 123 Å². The van der Waals surface area contributed by atoms with E-state index in [1.807, 2.05) is 6.92 Å². The summed E-state index contributed by atoms with van der Waals surface area (Å²) in [5.74, 6) is 0.780. The number of rotatable bonds is 5. The second-order valence-electron chi connectivity index (χ2n) is 4.77. The zero-order valence-electron chi connectivity index (χ0n) is 12.2. The maximum atomic E-state index is 11.5. The van der Waals surface area contributed by atoms with Gasteiger partial charge in [-0.1, -0.05) is 6.92 Å². The van der Waals surface area contributed by atoms with Crippen LogP contribution < -0.4 is 4.90 Å². The molecule has 0 aliphatic carbocycles. The molecule has 2 heterocycles. The number of anilines is 1. The monoisotopic (exact) mass is 298 g/mol. The summed E-state index contributed by atoms with van der Waals surface area (Å²) in [6.45, 7) is 8.38. The predicted octanol–water partition coefficient (Wildman–Crippen LogP) is 1.18. The van der Waals surface area contributed by atoms with Crippen LogP contribution in [0.5, 0.6) is 0 Å². The number of esters is 1. The number of hydrogen-bond acceptors (Lipinski definition) is 7. The Kier molecular flexibility index (Phi) is 5.72. The number of carbonyl (C=O) groups excluding carboxylic acids is 1. The Bertz CT molecular complexity index is 438. The molecule has 1 saturated heterocycles. The Morgan fingerprint density at radius 1 is 1.30 bits per heavy atom. The maximum Gasteiger partial charge on any atom is 0.320 e. The standard InChI is InChI=1S/C13H22N4O2S/c1-3-11-14-13(20-15-11)17-7-5-6-16(8-9-17)10-12(18)19-4-2/h3-10H2,1-2H3. The average Bonchev–Trinajstić information content (AvgIpc) is 2.80. The van der Waals surface area contributed by atoms with Crippen LogP contribution in [0.4, 0.5) is 5.13 Å². The van der Waals surface area contributed by atoms with Crippen molar-refractivity contribution in [2.75, 3.05) is 44.2 Å². The molecular formula is C13H22N4O2S. The summed E-state index contributed by atoms with van der Waals surface area (Å²) in [7, 11) is 0. The SMILES string of the molecule is CCOC(=O)CN1CCCN(c2nc(CC)ns2)CC1. The maximum absolute atomic E-state index is 11.5. The molecule has 1 aromatic rings. The minimum atomic E-state index is -0.134. The average molecular weight is 298 g/mol. The van der Waals surface area contributed by atoms with Gasteiger partial charge in [-0.05, 0) is 13.3 Å². The molecule has 6 nitrogen and oxygen atoms in total. The first-order chi connectivity index (χ1) is 9.72. The van der Waals surface area contributed by atoms with E-state index in [0.29, 0.717) is 13.2 Å². The molecule has 0 atom stereocenters. The van der Waals surface area contributed by atoms with Crippen molar-refractivity contribution in [1.82, 2.24) is 14.3 Å². The highest BCUT2D eigenvalue weighted by molar-refractivity contribution is 7.09. The van der Waals surface area contributed by atoms with Crippen molar-refractivity contribution in [3.05, 3.63) is 5.82 Å². The summed E-state index contributed by atoms with van der Waals surface area (Å²) in [5, 5.41) is 1.000. The molecule has 112 valence electrons. The number of ether oxygens (including phenoxy) is 1. The van der Waals surface area contributed by atoms with Crippen molar-refractivity contribution in [1.29, 1.82) is 0 Å². The van der Waals surface area contributed by atoms with Gasteiger partial charge < -0.3 is 9.64 Å². The highest BCUT2D eigenvalue weighted by Crippen LogP contribution is 2.19. The van der Waals surface area contributed by atoms with Crippen molar-refractivity contribution in [3.63, 3.8) is 0 Å². The van der Waals surface area contributed by atoms with Crippen LogP contribution in [0.15, 0.2) is 0 Å². The summed E-state index contributed by atoms with van der Waals surface area (Å²) in [4.78, 5) is 20.5. The molecule has 0 unspecified atom stereocenters. The minimum Gasteiger partial charge on any atom is -0.465 e. The zero-order chi connectivity index (χ0) is 14.4. The third-order valence-electron chi connectivity index (χ3n) is 3.29. The van der Waals surface area contributed by atoms with E-state index < -0.39 is 0 Å². The van der Waals surface area contributed by atoms with E-state index in [2.05, 4.69) is 26.1 Å². The lowest BCUT2D eigenvalue weighted by Gasteiger charge is -2.20. The Balaban J connectivity index is 1.87. The molecule has 0 radical (unpaired) electrons. The van der Waals surface area contributed by atoms with Crippen molar-refractivity contribution < 1.29 is 9.53 Å². The van der Waals surface area contributed by atoms with Gasteiger partial charge in [-0.25, -0.2) is 4.98 Å². The van der Waals surface area contributed by atoms with Gasteiger partial charge in [0.25, 0.3) is 0 Å². The van der Waals surface area contributed by atoms with Gasteiger partial charge in [-0.3, -0.25) is 9.69 Å². The predicted molar refractivity (Wildman–Crippen MR) is 79.2 cm³/mol. The Morgan fingerprint density at radius 3 is 2.85 bits per heavy atom. The van der Waals surface area contributed by atoms with Crippen molar-refractivity contribution in [3.8, 4) is 0 Å². The second-order valence-corrected chi connectivity index (χ2v) is 5.50. The summed E-state index contributed by atoms with van der Waals surface area (Å²) in [6.07, 6.45) is 1.90. The zero-order valence-corrected chi connectivity index (χ0v) is 13.0. The molecule has 0 amide bonds. The van der Waals surface area contributed by atoms with E-state index in [1.54, 1.807) is 0 Å². The molecule has 0 saturated carbocycles. The molecule has 0 N–H and O–H groups in total. The molecule has 1 aliphatic rings. The first-order valence-electron chi connectivity index (χ1n) is 7.18. The third kappa shape index (κ3) is 4.14. The van der Waals surface area contributed by atoms with E-state index in [9.17, 15) is 4.79 Å². The highest BCUT2D eigenvalue weighted by Gasteiger charge is 2.19. The molecule has 0 aromatic carbocycles. The first kappa shape index (κ1) is 15.2. The van der Waals surface area contributed by atoms with Gasteiger partial charge in [0.1, 0.15) is 5.82 Å². The lowest BCUT2D eigenvalue weighted by atomic mass is 10.4. The van der Waals surface area contributed by atoms with Crippen LogP contribution in [-0.2, 0) is 16.0 Å². The Hall–Kier alpha value is -1.21. The summed E-state index contributed by atoms with van der Waals surface area (Å²) in [6, 6.07) is 0. The molecule has 1 fully saturated rings. The molecular weight excluding hydrogens is 276 g/mol. The van der Waals surface area contributed by atoms with E-state index in [-0.39, 0.29) is 5.97 Å². The molecule has 1 aromatic heterocycles. The number of carbonyl (C=O) groups is 1. The fourth-order valence-corrected chi connectivity index (χ4v) is 3.03. The smallest absolute Gasteiger partial charge is 0.320 e. The van der Waals surface area contributed by atoms with Crippen molar-refractivity contribution in [2.45, 2.75) is 26.7 Å². The second kappa shape index (κ2) is 7.54. The summed E-state index contributed by atoms with van der Waals surface area (Å²) < 4.78 is 9.33. The minimum absolute atomic E-state index is 0.134. The normalized spacial score (nSPS) is 17.0. The van der Waals surface area contributed by atoms with Gasteiger partial charge in [0, 0.05) is 44.1 Å². The van der Waals surface area contributed by atoms with Crippen LogP contribution in [0.25, 0.3) is 0 Å². The Morgan fingerprint density at radius 2 is 2.15 bits per heavy atom. The topological polar surface area (TPSA) is 58.6 Å². The molecule has 2 rings (SSSR count). The fraction of sp³-hybridized carbons (Fsp3) is 0.769. The summed E-state index contributed by atoms with van der Waals surface area (Å²) >= 11 is 1.47. The lowest BCUT2D eigenvalue weighted by Crippen LogP contribution is -2.34. The van der Waals surface area contributed by atoms with Crippen LogP contribution in [0, 0.1) is 0 Å². The van der Waals surface area contributed by atoms with Crippen LogP contribution >= 0.6 is 11.5 Å². The first-order valence-corrected chi connectivity index (χ1v) is 7.95. The van der Waals surface area contributed by atoms with Gasteiger partial charge >= 0.3 is 5.97 Å². The van der Waals surface area contributed by atoms with Crippen LogP contribution in [0.1, 0.15) is 26.1 Å². The largest absolute Gasteiger partial charge is 0.465 e. The van der Waals surface area contributed by atoms with E-state index in [4.69, 9.17) is 4.74 Å². The van der Waals surface area contributed by atoms with Gasteiger partial charge in [0.2, 0.25) is 5.13 Å². The third-order valence-corrected chi connectivity index (χ3v) is 4.11. The van der Waals surface area contributed by atoms with Crippen LogP contribution in [-0.4, -0.2) is 59.6 Å². The number of hydrogen-bond donors (Lipinski definition) is 0. The number of nitrogens with zero attached hydrogens (tertiary/aromatic N) is 4. The molecule has 1 aliphatic heterocycles. The van der Waals surface area contributed by atoms with Crippen LogP contribution in [0.3, 0.4) is 0 Å². The molecule has 0 spiro atoms. The molecule has 7 heteroatoms. The van der Waals surface area contributed by atoms with Crippen molar-refractivity contribution >= 4 is 22.6 Å². The highest BCUT2D eigenvalue weighted by atomic mass is 32.1. The quantitative estimate of drug-likeness (QED) is 0.761. The van der Waals surface area contributed by atoms with Crippen LogP contribution in [0.2, 0.25) is 0 Å². The molecule has 0 bridgehead atoms. The number of aryl methyl sites for hydroxylation is 1. The summed E-state index contributed by atoms with van der Waals surface area (Å²) in [5.41, 5.74) is 0. The van der Waals surface area contributed by atoms with Gasteiger partial charge in [0.15, 0.2) is 0 Å². The number of aromatic nitrogens is 2. The van der Waals surface area contributed by atoms with Gasteiger partial charge in [-0.2, -0.15) is 4.37 Å². The lowest BCUT2D eigenvalue weighted by molar-refractivity contribution is -0.144. The van der Waals surface area contributed by atoms with Gasteiger partial charge in [-0.15, -0.1) is 0 Å². The van der Waals surface area contributed by atoms with E-state index in [0.717, 1.165) is 50.0 Å². The van der Waals surface area contributed by atoms with E-state index >= 15 is 0 Å².